The van der Waals surface area contributed by atoms with Gasteiger partial charge in [-0.1, -0.05) is 60.3 Å². The Kier molecular flexibility index (Phi) is 5.99. The molecule has 6 nitrogen and oxygen atoms in total. The molecule has 2 heterocycles. The van der Waals surface area contributed by atoms with E-state index >= 15 is 0 Å². The summed E-state index contributed by atoms with van der Waals surface area (Å²) in [6.45, 7) is 4.26. The molecule has 2 aromatic heterocycles. The summed E-state index contributed by atoms with van der Waals surface area (Å²) < 4.78 is 7.42. The Morgan fingerprint density at radius 2 is 1.77 bits per heavy atom. The van der Waals surface area contributed by atoms with Crippen molar-refractivity contribution >= 4 is 17.7 Å². The third-order valence-electron chi connectivity index (χ3n) is 4.71. The van der Waals surface area contributed by atoms with Crippen molar-refractivity contribution in [2.75, 3.05) is 0 Å². The highest BCUT2D eigenvalue weighted by molar-refractivity contribution is 8.00. The Labute approximate surface area is 179 Å². The summed E-state index contributed by atoms with van der Waals surface area (Å²) in [6, 6.07) is 21.6. The van der Waals surface area contributed by atoms with Crippen molar-refractivity contribution in [1.29, 1.82) is 0 Å². The molecule has 1 amide bonds. The van der Waals surface area contributed by atoms with Gasteiger partial charge in [0.1, 0.15) is 5.76 Å². The van der Waals surface area contributed by atoms with Crippen molar-refractivity contribution in [1.82, 2.24) is 20.1 Å². The average Bonchev–Trinajstić information content (AvgIpc) is 3.39. The summed E-state index contributed by atoms with van der Waals surface area (Å²) >= 11 is 1.38. The molecule has 0 spiro atoms. The second-order valence-electron chi connectivity index (χ2n) is 6.83. The predicted molar refractivity (Wildman–Crippen MR) is 117 cm³/mol. The summed E-state index contributed by atoms with van der Waals surface area (Å²) in [7, 11) is 0. The first-order valence-corrected chi connectivity index (χ1v) is 10.5. The fourth-order valence-electron chi connectivity index (χ4n) is 3.09. The van der Waals surface area contributed by atoms with Crippen LogP contribution in [-0.2, 0) is 11.3 Å². The van der Waals surface area contributed by atoms with Gasteiger partial charge in [-0.25, -0.2) is 0 Å². The van der Waals surface area contributed by atoms with Gasteiger partial charge in [-0.05, 0) is 37.6 Å². The maximum atomic E-state index is 12.7. The molecule has 152 valence electrons. The van der Waals surface area contributed by atoms with Gasteiger partial charge in [0, 0.05) is 12.2 Å². The van der Waals surface area contributed by atoms with Gasteiger partial charge in [-0.3, -0.25) is 9.36 Å². The smallest absolute Gasteiger partial charge is 0.233 e. The van der Waals surface area contributed by atoms with Crippen LogP contribution >= 0.6 is 11.8 Å². The number of para-hydroxylation sites is 1. The van der Waals surface area contributed by atoms with Gasteiger partial charge in [0.25, 0.3) is 0 Å². The predicted octanol–water partition coefficient (Wildman–Crippen LogP) is 4.63. The van der Waals surface area contributed by atoms with Gasteiger partial charge in [0.2, 0.25) is 5.91 Å². The van der Waals surface area contributed by atoms with E-state index in [1.54, 1.807) is 6.26 Å². The molecule has 1 atom stereocenters. The van der Waals surface area contributed by atoms with Crippen molar-refractivity contribution in [2.45, 2.75) is 30.8 Å². The van der Waals surface area contributed by atoms with Crippen LogP contribution in [0.15, 0.2) is 82.6 Å². The summed E-state index contributed by atoms with van der Waals surface area (Å²) in [5, 5.41) is 12.1. The molecule has 30 heavy (non-hydrogen) atoms. The molecule has 0 aliphatic heterocycles. The highest BCUT2D eigenvalue weighted by Gasteiger charge is 2.23. The van der Waals surface area contributed by atoms with E-state index in [0.29, 0.717) is 17.5 Å². The molecule has 0 saturated heterocycles. The Balaban J connectivity index is 1.57. The van der Waals surface area contributed by atoms with Crippen molar-refractivity contribution in [2.24, 2.45) is 0 Å². The standard InChI is InChI=1S/C23H22N4O2S/c1-16-20(13-14-29-16)21-25-26-23(27(21)19-11-7-4-8-12-19)30-17(2)22(28)24-15-18-9-5-3-6-10-18/h3-14,17H,15H2,1-2H3,(H,24,28). The molecule has 0 fully saturated rings. The van der Waals surface area contributed by atoms with Crippen LogP contribution in [0.2, 0.25) is 0 Å². The molecule has 0 aliphatic carbocycles. The number of rotatable bonds is 7. The van der Waals surface area contributed by atoms with Crippen molar-refractivity contribution in [3.05, 3.63) is 84.3 Å². The highest BCUT2D eigenvalue weighted by atomic mass is 32.2. The fourth-order valence-corrected chi connectivity index (χ4v) is 3.98. The zero-order valence-electron chi connectivity index (χ0n) is 16.8. The van der Waals surface area contributed by atoms with Gasteiger partial charge in [0.15, 0.2) is 11.0 Å². The van der Waals surface area contributed by atoms with E-state index in [0.717, 1.165) is 22.6 Å². The zero-order valence-corrected chi connectivity index (χ0v) is 17.6. The van der Waals surface area contributed by atoms with Crippen molar-refractivity contribution in [3.63, 3.8) is 0 Å². The number of nitrogens with one attached hydrogen (secondary N) is 1. The molecular formula is C23H22N4O2S. The first-order valence-electron chi connectivity index (χ1n) is 9.67. The molecule has 0 radical (unpaired) electrons. The Hall–Kier alpha value is -3.32. The van der Waals surface area contributed by atoms with Crippen LogP contribution < -0.4 is 5.32 Å². The quantitative estimate of drug-likeness (QED) is 0.443. The number of amides is 1. The number of carbonyl (C=O) groups is 1. The first-order chi connectivity index (χ1) is 14.6. The van der Waals surface area contributed by atoms with E-state index in [9.17, 15) is 4.79 Å². The minimum absolute atomic E-state index is 0.0486. The molecule has 0 saturated carbocycles. The van der Waals surface area contributed by atoms with Gasteiger partial charge in [-0.15, -0.1) is 10.2 Å². The van der Waals surface area contributed by atoms with Crippen LogP contribution in [0.5, 0.6) is 0 Å². The number of hydrogen-bond acceptors (Lipinski definition) is 5. The van der Waals surface area contributed by atoms with Crippen LogP contribution in [0, 0.1) is 6.92 Å². The van der Waals surface area contributed by atoms with Gasteiger partial charge in [0.05, 0.1) is 17.1 Å². The maximum Gasteiger partial charge on any atom is 0.233 e. The molecule has 7 heteroatoms. The first kappa shape index (κ1) is 20.0. The number of aryl methyl sites for hydroxylation is 1. The summed E-state index contributed by atoms with van der Waals surface area (Å²) in [6.07, 6.45) is 1.64. The summed E-state index contributed by atoms with van der Waals surface area (Å²) in [5.41, 5.74) is 2.87. The highest BCUT2D eigenvalue weighted by Crippen LogP contribution is 2.31. The lowest BCUT2D eigenvalue weighted by atomic mass is 10.2. The van der Waals surface area contributed by atoms with E-state index in [4.69, 9.17) is 4.42 Å². The number of nitrogens with zero attached hydrogens (tertiary/aromatic N) is 3. The monoisotopic (exact) mass is 418 g/mol. The molecular weight excluding hydrogens is 396 g/mol. The second-order valence-corrected chi connectivity index (χ2v) is 8.14. The van der Waals surface area contributed by atoms with Crippen LogP contribution in [0.4, 0.5) is 0 Å². The number of furan rings is 1. The minimum atomic E-state index is -0.335. The minimum Gasteiger partial charge on any atom is -0.469 e. The second kappa shape index (κ2) is 9.00. The van der Waals surface area contributed by atoms with E-state index < -0.39 is 0 Å². The zero-order chi connectivity index (χ0) is 20.9. The average molecular weight is 419 g/mol. The Bertz CT molecular complexity index is 1120. The Morgan fingerprint density at radius 1 is 1.07 bits per heavy atom. The molecule has 4 rings (SSSR count). The van der Waals surface area contributed by atoms with E-state index in [1.807, 2.05) is 85.1 Å². The molecule has 4 aromatic rings. The van der Waals surface area contributed by atoms with Crippen LogP contribution in [-0.4, -0.2) is 25.9 Å². The lowest BCUT2D eigenvalue weighted by Crippen LogP contribution is -2.30. The SMILES string of the molecule is Cc1occc1-c1nnc(SC(C)C(=O)NCc2ccccc2)n1-c1ccccc1. The van der Waals surface area contributed by atoms with E-state index in [-0.39, 0.29) is 11.2 Å². The largest absolute Gasteiger partial charge is 0.469 e. The normalized spacial score (nSPS) is 11.9. The lowest BCUT2D eigenvalue weighted by molar-refractivity contribution is -0.120. The molecule has 0 aliphatic rings. The number of aromatic nitrogens is 3. The maximum absolute atomic E-state index is 12.7. The van der Waals surface area contributed by atoms with Gasteiger partial charge < -0.3 is 9.73 Å². The van der Waals surface area contributed by atoms with Crippen LogP contribution in [0.25, 0.3) is 17.1 Å². The molecule has 1 unspecified atom stereocenters. The number of hydrogen-bond donors (Lipinski definition) is 1. The van der Waals surface area contributed by atoms with Gasteiger partial charge >= 0.3 is 0 Å². The van der Waals surface area contributed by atoms with Crippen molar-refractivity contribution in [3.8, 4) is 17.1 Å². The van der Waals surface area contributed by atoms with Crippen LogP contribution in [0.1, 0.15) is 18.2 Å². The van der Waals surface area contributed by atoms with Crippen molar-refractivity contribution < 1.29 is 9.21 Å². The summed E-state index contributed by atoms with van der Waals surface area (Å²) in [5.74, 6) is 1.41. The Morgan fingerprint density at radius 3 is 2.43 bits per heavy atom. The van der Waals surface area contributed by atoms with Gasteiger partial charge in [-0.2, -0.15) is 0 Å². The number of carbonyl (C=O) groups excluding carboxylic acids is 1. The topological polar surface area (TPSA) is 72.9 Å². The van der Waals surface area contributed by atoms with Crippen LogP contribution in [0.3, 0.4) is 0 Å². The fraction of sp³-hybridized carbons (Fsp3) is 0.174. The lowest BCUT2D eigenvalue weighted by Gasteiger charge is -2.14. The van der Waals surface area contributed by atoms with E-state index in [1.165, 1.54) is 11.8 Å². The molecule has 1 N–H and O–H groups in total. The summed E-state index contributed by atoms with van der Waals surface area (Å²) in [4.78, 5) is 12.7. The number of benzene rings is 2. The van der Waals surface area contributed by atoms with E-state index in [2.05, 4.69) is 15.5 Å². The molecule has 0 bridgehead atoms. The molecule has 2 aromatic carbocycles. The third kappa shape index (κ3) is 4.31. The number of thioether (sulfide) groups is 1. The third-order valence-corrected chi connectivity index (χ3v) is 5.75.